The molecule has 1 saturated heterocycles. The number of aliphatic hydroxyl groups excluding tert-OH is 1. The van der Waals surface area contributed by atoms with Gasteiger partial charge in [-0.05, 0) is 12.8 Å². The molecule has 1 aliphatic carbocycles. The molecular formula is C13H25N3O2. The van der Waals surface area contributed by atoms with E-state index < -0.39 is 0 Å². The highest BCUT2D eigenvalue weighted by atomic mass is 16.3. The van der Waals surface area contributed by atoms with E-state index in [1.165, 1.54) is 0 Å². The predicted molar refractivity (Wildman–Crippen MR) is 70.1 cm³/mol. The van der Waals surface area contributed by atoms with Crippen LogP contribution >= 0.6 is 0 Å². The summed E-state index contributed by atoms with van der Waals surface area (Å²) < 4.78 is 0. The fraction of sp³-hybridized carbons (Fsp3) is 0.923. The Bertz CT molecular complexity index is 282. The van der Waals surface area contributed by atoms with Gasteiger partial charge >= 0.3 is 0 Å². The summed E-state index contributed by atoms with van der Waals surface area (Å²) >= 11 is 0. The maximum atomic E-state index is 12.6. The molecule has 1 saturated carbocycles. The van der Waals surface area contributed by atoms with E-state index in [0.29, 0.717) is 13.1 Å². The van der Waals surface area contributed by atoms with Gasteiger partial charge in [0.05, 0.1) is 12.0 Å². The minimum absolute atomic E-state index is 0.195. The normalized spacial score (nSPS) is 24.4. The zero-order valence-electron chi connectivity index (χ0n) is 11.1. The van der Waals surface area contributed by atoms with Gasteiger partial charge in [-0.1, -0.05) is 12.8 Å². The van der Waals surface area contributed by atoms with Crippen LogP contribution in [0.25, 0.3) is 0 Å². The zero-order valence-corrected chi connectivity index (χ0v) is 11.1. The summed E-state index contributed by atoms with van der Waals surface area (Å²) in [6.07, 6.45) is 4.18. The molecule has 0 spiro atoms. The van der Waals surface area contributed by atoms with Gasteiger partial charge in [-0.15, -0.1) is 0 Å². The number of piperazine rings is 1. The standard InChI is InChI=1S/C13H25N3O2/c14-11-13(3-1-2-4-13)12(18)16-7-5-15(6-8-16)9-10-17/h17H,1-11,14H2. The smallest absolute Gasteiger partial charge is 0.230 e. The molecule has 1 aliphatic heterocycles. The van der Waals surface area contributed by atoms with Crippen LogP contribution in [-0.2, 0) is 4.79 Å². The van der Waals surface area contributed by atoms with E-state index in [4.69, 9.17) is 10.8 Å². The van der Waals surface area contributed by atoms with Gasteiger partial charge < -0.3 is 15.7 Å². The van der Waals surface area contributed by atoms with Crippen molar-refractivity contribution in [2.75, 3.05) is 45.9 Å². The van der Waals surface area contributed by atoms with E-state index in [1.54, 1.807) is 0 Å². The van der Waals surface area contributed by atoms with Crippen LogP contribution in [0.5, 0.6) is 0 Å². The molecule has 5 heteroatoms. The van der Waals surface area contributed by atoms with Crippen molar-refractivity contribution in [1.82, 2.24) is 9.80 Å². The van der Waals surface area contributed by atoms with Crippen LogP contribution in [0.1, 0.15) is 25.7 Å². The van der Waals surface area contributed by atoms with Crippen molar-refractivity contribution in [3.63, 3.8) is 0 Å². The Morgan fingerprint density at radius 2 is 1.78 bits per heavy atom. The van der Waals surface area contributed by atoms with Gasteiger partial charge in [0, 0.05) is 39.3 Å². The second kappa shape index (κ2) is 5.99. The highest BCUT2D eigenvalue weighted by molar-refractivity contribution is 5.83. The Morgan fingerprint density at radius 1 is 1.17 bits per heavy atom. The Morgan fingerprint density at radius 3 is 2.28 bits per heavy atom. The Kier molecular flexibility index (Phi) is 4.59. The van der Waals surface area contributed by atoms with Gasteiger partial charge in [0.1, 0.15) is 0 Å². The number of rotatable bonds is 4. The third-order valence-corrected chi connectivity index (χ3v) is 4.48. The molecule has 18 heavy (non-hydrogen) atoms. The molecule has 1 amide bonds. The number of aliphatic hydroxyl groups is 1. The number of β-amino-alcohol motifs (C(OH)–C–C–N with tert-alkyl or cyclic N) is 1. The lowest BCUT2D eigenvalue weighted by Crippen LogP contribution is -2.54. The number of nitrogens with zero attached hydrogens (tertiary/aromatic N) is 2. The van der Waals surface area contributed by atoms with Crippen molar-refractivity contribution in [2.24, 2.45) is 11.1 Å². The minimum atomic E-state index is -0.265. The van der Waals surface area contributed by atoms with Crippen LogP contribution in [-0.4, -0.2) is 66.7 Å². The molecule has 2 fully saturated rings. The minimum Gasteiger partial charge on any atom is -0.395 e. The Balaban J connectivity index is 1.90. The maximum Gasteiger partial charge on any atom is 0.230 e. The average molecular weight is 255 g/mol. The molecule has 2 rings (SSSR count). The van der Waals surface area contributed by atoms with Crippen LogP contribution in [0.4, 0.5) is 0 Å². The van der Waals surface area contributed by atoms with Crippen LogP contribution in [0.15, 0.2) is 0 Å². The number of amides is 1. The van der Waals surface area contributed by atoms with Crippen molar-refractivity contribution >= 4 is 5.91 Å². The number of hydrogen-bond acceptors (Lipinski definition) is 4. The van der Waals surface area contributed by atoms with Gasteiger partial charge in [-0.3, -0.25) is 9.69 Å². The SMILES string of the molecule is NCC1(C(=O)N2CCN(CCO)CC2)CCCC1. The highest BCUT2D eigenvalue weighted by Gasteiger charge is 2.42. The molecule has 5 nitrogen and oxygen atoms in total. The average Bonchev–Trinajstić information content (AvgIpc) is 2.89. The summed E-state index contributed by atoms with van der Waals surface area (Å²) in [4.78, 5) is 16.8. The lowest BCUT2D eigenvalue weighted by molar-refractivity contribution is -0.143. The van der Waals surface area contributed by atoms with E-state index in [1.807, 2.05) is 4.90 Å². The van der Waals surface area contributed by atoms with E-state index >= 15 is 0 Å². The van der Waals surface area contributed by atoms with Crippen molar-refractivity contribution < 1.29 is 9.90 Å². The summed E-state index contributed by atoms with van der Waals surface area (Å²) in [6, 6.07) is 0. The zero-order chi connectivity index (χ0) is 13.0. The first kappa shape index (κ1) is 13.8. The van der Waals surface area contributed by atoms with E-state index in [2.05, 4.69) is 4.90 Å². The quantitative estimate of drug-likeness (QED) is 0.720. The molecule has 0 aromatic heterocycles. The molecule has 0 unspecified atom stereocenters. The van der Waals surface area contributed by atoms with Crippen LogP contribution in [0.2, 0.25) is 0 Å². The van der Waals surface area contributed by atoms with Crippen molar-refractivity contribution in [2.45, 2.75) is 25.7 Å². The molecular weight excluding hydrogens is 230 g/mol. The second-order valence-corrected chi connectivity index (χ2v) is 5.55. The maximum absolute atomic E-state index is 12.6. The lowest BCUT2D eigenvalue weighted by atomic mass is 9.84. The first-order valence-corrected chi connectivity index (χ1v) is 7.04. The molecule has 1 heterocycles. The fourth-order valence-electron chi connectivity index (χ4n) is 3.21. The van der Waals surface area contributed by atoms with E-state index in [9.17, 15) is 4.79 Å². The van der Waals surface area contributed by atoms with Gasteiger partial charge in [0.25, 0.3) is 0 Å². The summed E-state index contributed by atoms with van der Waals surface area (Å²) in [5.74, 6) is 0.270. The largest absolute Gasteiger partial charge is 0.395 e. The number of hydrogen-bond donors (Lipinski definition) is 2. The lowest BCUT2D eigenvalue weighted by Gasteiger charge is -2.39. The number of nitrogens with two attached hydrogens (primary N) is 1. The highest BCUT2D eigenvalue weighted by Crippen LogP contribution is 2.38. The summed E-state index contributed by atoms with van der Waals surface area (Å²) in [6.45, 7) is 4.69. The third kappa shape index (κ3) is 2.68. The fourth-order valence-corrected chi connectivity index (χ4v) is 3.21. The molecule has 0 bridgehead atoms. The van der Waals surface area contributed by atoms with Crippen LogP contribution < -0.4 is 5.73 Å². The molecule has 2 aliphatic rings. The summed E-state index contributed by atoms with van der Waals surface area (Å²) in [5.41, 5.74) is 5.60. The molecule has 0 aromatic carbocycles. The van der Waals surface area contributed by atoms with E-state index in [-0.39, 0.29) is 17.9 Å². The van der Waals surface area contributed by atoms with Crippen molar-refractivity contribution in [3.05, 3.63) is 0 Å². The van der Waals surface area contributed by atoms with Crippen molar-refractivity contribution in [3.8, 4) is 0 Å². The summed E-state index contributed by atoms with van der Waals surface area (Å²) in [7, 11) is 0. The Hall–Kier alpha value is -0.650. The molecule has 3 N–H and O–H groups in total. The van der Waals surface area contributed by atoms with Crippen LogP contribution in [0.3, 0.4) is 0 Å². The van der Waals surface area contributed by atoms with E-state index in [0.717, 1.165) is 51.9 Å². The van der Waals surface area contributed by atoms with Crippen molar-refractivity contribution in [1.29, 1.82) is 0 Å². The first-order chi connectivity index (χ1) is 8.72. The van der Waals surface area contributed by atoms with Gasteiger partial charge in [-0.2, -0.15) is 0 Å². The topological polar surface area (TPSA) is 69.8 Å². The third-order valence-electron chi connectivity index (χ3n) is 4.48. The molecule has 0 aromatic rings. The molecule has 104 valence electrons. The second-order valence-electron chi connectivity index (χ2n) is 5.55. The first-order valence-electron chi connectivity index (χ1n) is 7.04. The predicted octanol–water partition coefficient (Wildman–Crippen LogP) is -0.358. The molecule has 0 atom stereocenters. The number of carbonyl (C=O) groups is 1. The molecule has 0 radical (unpaired) electrons. The summed E-state index contributed by atoms with van der Waals surface area (Å²) in [5, 5.41) is 8.91. The van der Waals surface area contributed by atoms with Crippen LogP contribution in [0, 0.1) is 5.41 Å². The van der Waals surface area contributed by atoms with Gasteiger partial charge in [-0.25, -0.2) is 0 Å². The Labute approximate surface area is 109 Å². The number of carbonyl (C=O) groups excluding carboxylic acids is 1. The van der Waals surface area contributed by atoms with Gasteiger partial charge in [0.15, 0.2) is 0 Å². The monoisotopic (exact) mass is 255 g/mol. The van der Waals surface area contributed by atoms with Gasteiger partial charge in [0.2, 0.25) is 5.91 Å².